The fourth-order valence-corrected chi connectivity index (χ4v) is 2.69. The first-order valence-corrected chi connectivity index (χ1v) is 6.37. The molecule has 1 unspecified atom stereocenters. The molecule has 0 radical (unpaired) electrons. The maximum atomic E-state index is 5.89. The quantitative estimate of drug-likeness (QED) is 0.862. The molecule has 2 aliphatic heterocycles. The number of ether oxygens (including phenoxy) is 2. The van der Waals surface area contributed by atoms with Gasteiger partial charge in [-0.2, -0.15) is 0 Å². The number of hydrogen-bond donors (Lipinski definition) is 1. The number of nitrogens with zero attached hydrogens (tertiary/aromatic N) is 1. The summed E-state index contributed by atoms with van der Waals surface area (Å²) in [4.78, 5) is 4.48. The third-order valence-corrected chi connectivity index (χ3v) is 3.58. The molecule has 96 valence electrons. The van der Waals surface area contributed by atoms with E-state index in [4.69, 9.17) is 9.47 Å². The van der Waals surface area contributed by atoms with Crippen molar-refractivity contribution in [3.8, 4) is 5.75 Å². The van der Waals surface area contributed by atoms with Crippen molar-refractivity contribution >= 4 is 5.84 Å². The highest BCUT2D eigenvalue weighted by molar-refractivity contribution is 5.89. The van der Waals surface area contributed by atoms with Crippen LogP contribution in [0.15, 0.2) is 17.1 Å². The van der Waals surface area contributed by atoms with Gasteiger partial charge < -0.3 is 14.8 Å². The molecule has 0 amide bonds. The average molecular weight is 246 g/mol. The zero-order valence-electron chi connectivity index (χ0n) is 10.8. The second-order valence-electron chi connectivity index (χ2n) is 4.71. The third-order valence-electron chi connectivity index (χ3n) is 3.58. The van der Waals surface area contributed by atoms with Crippen molar-refractivity contribution in [2.45, 2.75) is 19.4 Å². The monoisotopic (exact) mass is 246 g/mol. The lowest BCUT2D eigenvalue weighted by atomic mass is 9.92. The maximum absolute atomic E-state index is 5.89. The van der Waals surface area contributed by atoms with Gasteiger partial charge in [-0.15, -0.1) is 0 Å². The van der Waals surface area contributed by atoms with Gasteiger partial charge in [0, 0.05) is 6.54 Å². The minimum absolute atomic E-state index is 0.0509. The largest absolute Gasteiger partial charge is 0.497 e. The topological polar surface area (TPSA) is 42.8 Å². The first-order valence-electron chi connectivity index (χ1n) is 6.37. The maximum Gasteiger partial charge on any atom is 0.140 e. The average Bonchev–Trinajstić information content (AvgIpc) is 2.91. The molecule has 0 aliphatic carbocycles. The summed E-state index contributed by atoms with van der Waals surface area (Å²) in [6.07, 6.45) is 0.916. The van der Waals surface area contributed by atoms with Crippen molar-refractivity contribution in [2.24, 2.45) is 4.99 Å². The Kier molecular flexibility index (Phi) is 2.96. The van der Waals surface area contributed by atoms with Gasteiger partial charge in [0.15, 0.2) is 0 Å². The molecule has 2 heterocycles. The van der Waals surface area contributed by atoms with Crippen LogP contribution in [0.2, 0.25) is 0 Å². The molecule has 18 heavy (non-hydrogen) atoms. The number of aryl methyl sites for hydroxylation is 1. The molecule has 1 N–H and O–H groups in total. The van der Waals surface area contributed by atoms with Crippen molar-refractivity contribution in [3.63, 3.8) is 0 Å². The molecule has 3 rings (SSSR count). The zero-order valence-corrected chi connectivity index (χ0v) is 10.8. The minimum Gasteiger partial charge on any atom is -0.497 e. The summed E-state index contributed by atoms with van der Waals surface area (Å²) in [5.41, 5.74) is 3.85. The van der Waals surface area contributed by atoms with Gasteiger partial charge in [-0.25, -0.2) is 0 Å². The van der Waals surface area contributed by atoms with E-state index in [2.05, 4.69) is 29.4 Å². The molecule has 4 heteroatoms. The summed E-state index contributed by atoms with van der Waals surface area (Å²) in [6.45, 7) is 4.64. The van der Waals surface area contributed by atoms with E-state index in [0.29, 0.717) is 0 Å². The molecule has 0 spiro atoms. The van der Waals surface area contributed by atoms with Crippen LogP contribution in [0.25, 0.3) is 0 Å². The van der Waals surface area contributed by atoms with Crippen LogP contribution in [0, 0.1) is 6.92 Å². The van der Waals surface area contributed by atoms with Crippen LogP contribution in [0.3, 0.4) is 0 Å². The molecule has 1 aromatic rings. The molecule has 0 saturated heterocycles. The lowest BCUT2D eigenvalue weighted by Crippen LogP contribution is -2.31. The van der Waals surface area contributed by atoms with Gasteiger partial charge >= 0.3 is 0 Å². The highest BCUT2D eigenvalue weighted by Gasteiger charge is 2.28. The van der Waals surface area contributed by atoms with Crippen molar-refractivity contribution in [2.75, 3.05) is 26.8 Å². The highest BCUT2D eigenvalue weighted by atomic mass is 16.5. The Morgan fingerprint density at radius 2 is 2.33 bits per heavy atom. The Morgan fingerprint density at radius 1 is 1.44 bits per heavy atom. The number of benzene rings is 1. The fourth-order valence-electron chi connectivity index (χ4n) is 2.69. The number of aliphatic imine (C=N–C) groups is 1. The lowest BCUT2D eigenvalue weighted by molar-refractivity contribution is 0.0856. The highest BCUT2D eigenvalue weighted by Crippen LogP contribution is 2.33. The van der Waals surface area contributed by atoms with E-state index in [0.717, 1.165) is 37.7 Å². The third kappa shape index (κ3) is 1.86. The van der Waals surface area contributed by atoms with E-state index in [9.17, 15) is 0 Å². The Hall–Kier alpha value is -1.55. The molecule has 0 bridgehead atoms. The standard InChI is InChI=1S/C14H18N2O2/c1-9-7-10(17-2)8-12-11(9)3-6-18-13(12)14-15-4-5-16-14/h7-8,13H,3-6H2,1-2H3,(H,15,16). The number of nitrogens with one attached hydrogen (secondary N) is 1. The van der Waals surface area contributed by atoms with Crippen molar-refractivity contribution in [1.29, 1.82) is 0 Å². The van der Waals surface area contributed by atoms with Gasteiger partial charge in [-0.3, -0.25) is 4.99 Å². The Bertz CT molecular complexity index is 497. The van der Waals surface area contributed by atoms with Crippen LogP contribution in [-0.4, -0.2) is 32.6 Å². The van der Waals surface area contributed by atoms with Crippen LogP contribution < -0.4 is 10.1 Å². The second kappa shape index (κ2) is 4.61. The summed E-state index contributed by atoms with van der Waals surface area (Å²) < 4.78 is 11.3. The van der Waals surface area contributed by atoms with Crippen LogP contribution in [0.4, 0.5) is 0 Å². The van der Waals surface area contributed by atoms with Crippen molar-refractivity contribution < 1.29 is 9.47 Å². The lowest BCUT2D eigenvalue weighted by Gasteiger charge is -2.28. The predicted octanol–water partition coefficient (Wildman–Crippen LogP) is 1.62. The van der Waals surface area contributed by atoms with Crippen molar-refractivity contribution in [1.82, 2.24) is 5.32 Å². The van der Waals surface area contributed by atoms with Crippen LogP contribution >= 0.6 is 0 Å². The van der Waals surface area contributed by atoms with Gasteiger partial charge in [0.25, 0.3) is 0 Å². The number of fused-ring (bicyclic) bond motifs is 1. The van der Waals surface area contributed by atoms with E-state index in [1.807, 2.05) is 0 Å². The van der Waals surface area contributed by atoms with E-state index in [1.165, 1.54) is 16.7 Å². The van der Waals surface area contributed by atoms with Crippen molar-refractivity contribution in [3.05, 3.63) is 28.8 Å². The van der Waals surface area contributed by atoms with Gasteiger partial charge in [-0.05, 0) is 42.2 Å². The van der Waals surface area contributed by atoms with E-state index >= 15 is 0 Å². The SMILES string of the molecule is COc1cc(C)c2c(c1)C(C1=NCCN1)OCC2. The summed E-state index contributed by atoms with van der Waals surface area (Å²) in [7, 11) is 1.70. The summed E-state index contributed by atoms with van der Waals surface area (Å²) in [6, 6.07) is 4.17. The number of hydrogen-bond acceptors (Lipinski definition) is 4. The Balaban J connectivity index is 2.05. The number of methoxy groups -OCH3 is 1. The molecule has 0 fully saturated rings. The van der Waals surface area contributed by atoms with E-state index < -0.39 is 0 Å². The minimum atomic E-state index is -0.0509. The van der Waals surface area contributed by atoms with Crippen LogP contribution in [-0.2, 0) is 11.2 Å². The Morgan fingerprint density at radius 3 is 3.06 bits per heavy atom. The normalized spacial score (nSPS) is 22.1. The molecule has 0 aromatic heterocycles. The number of rotatable bonds is 2. The van der Waals surface area contributed by atoms with E-state index in [1.54, 1.807) is 7.11 Å². The van der Waals surface area contributed by atoms with E-state index in [-0.39, 0.29) is 6.10 Å². The number of amidine groups is 1. The van der Waals surface area contributed by atoms with Gasteiger partial charge in [0.2, 0.25) is 0 Å². The molecule has 2 aliphatic rings. The van der Waals surface area contributed by atoms with Gasteiger partial charge in [0.05, 0.1) is 20.3 Å². The summed E-state index contributed by atoms with van der Waals surface area (Å²) >= 11 is 0. The molecule has 4 nitrogen and oxygen atoms in total. The predicted molar refractivity (Wildman–Crippen MR) is 70.4 cm³/mol. The molecule has 1 atom stereocenters. The first kappa shape index (κ1) is 11.5. The smallest absolute Gasteiger partial charge is 0.140 e. The van der Waals surface area contributed by atoms with Gasteiger partial charge in [-0.1, -0.05) is 0 Å². The zero-order chi connectivity index (χ0) is 12.5. The fraction of sp³-hybridized carbons (Fsp3) is 0.500. The molecular weight excluding hydrogens is 228 g/mol. The second-order valence-corrected chi connectivity index (χ2v) is 4.71. The summed E-state index contributed by atoms with van der Waals surface area (Å²) in [5, 5.41) is 3.31. The van der Waals surface area contributed by atoms with Gasteiger partial charge in [0.1, 0.15) is 17.7 Å². The molecule has 1 aromatic carbocycles. The van der Waals surface area contributed by atoms with Crippen LogP contribution in [0.5, 0.6) is 5.75 Å². The summed E-state index contributed by atoms with van der Waals surface area (Å²) in [5.74, 6) is 1.85. The molecular formula is C14H18N2O2. The first-order chi connectivity index (χ1) is 8.79. The Labute approximate surface area is 107 Å². The van der Waals surface area contributed by atoms with Crippen LogP contribution in [0.1, 0.15) is 22.8 Å². The molecule has 0 saturated carbocycles.